The molecule has 2 unspecified atom stereocenters. The van der Waals surface area contributed by atoms with Gasteiger partial charge in [0.1, 0.15) is 0 Å². The maximum Gasteiger partial charge on any atom is 0.350 e. The smallest absolute Gasteiger partial charge is 0.327 e. The molecule has 0 bridgehead atoms. The fraction of sp³-hybridized carbons (Fsp3) is 0.571. The van der Waals surface area contributed by atoms with Gasteiger partial charge in [-0.15, -0.1) is 17.5 Å². The Morgan fingerprint density at radius 3 is 2.90 bits per heavy atom. The lowest BCUT2D eigenvalue weighted by atomic mass is 9.95. The molecule has 0 spiro atoms. The second kappa shape index (κ2) is 6.60. The number of pyridine rings is 1. The Hall–Kier alpha value is -1.37. The highest BCUT2D eigenvalue weighted by Gasteiger charge is 2.22. The van der Waals surface area contributed by atoms with E-state index in [-0.39, 0.29) is 18.1 Å². The third kappa shape index (κ3) is 3.28. The van der Waals surface area contributed by atoms with Gasteiger partial charge in [-0.1, -0.05) is 13.0 Å². The zero-order valence-corrected chi connectivity index (χ0v) is 13.0. The van der Waals surface area contributed by atoms with Crippen LogP contribution in [0.1, 0.15) is 13.3 Å². The van der Waals surface area contributed by atoms with Crippen LogP contribution in [0.5, 0.6) is 0 Å². The second-order valence-corrected chi connectivity index (χ2v) is 5.66. The van der Waals surface area contributed by atoms with E-state index in [1.165, 1.54) is 0 Å². The van der Waals surface area contributed by atoms with Crippen molar-refractivity contribution in [1.82, 2.24) is 19.1 Å². The van der Waals surface area contributed by atoms with Crippen LogP contribution in [0, 0.1) is 5.92 Å². The van der Waals surface area contributed by atoms with Crippen molar-refractivity contribution < 1.29 is 0 Å². The predicted octanol–water partition coefficient (Wildman–Crippen LogP) is 0.587. The van der Waals surface area contributed by atoms with Crippen molar-refractivity contribution in [2.45, 2.75) is 25.9 Å². The fourth-order valence-electron chi connectivity index (χ4n) is 2.80. The highest BCUT2D eigenvalue weighted by molar-refractivity contribution is 5.85. The summed E-state index contributed by atoms with van der Waals surface area (Å²) in [6, 6.07) is 5.89. The summed E-state index contributed by atoms with van der Waals surface area (Å²) in [5.74, 6) is 0.515. The van der Waals surface area contributed by atoms with E-state index >= 15 is 0 Å². The molecule has 0 radical (unpaired) electrons. The molecule has 2 atom stereocenters. The van der Waals surface area contributed by atoms with Gasteiger partial charge < -0.3 is 10.6 Å². The summed E-state index contributed by atoms with van der Waals surface area (Å²) in [5.41, 5.74) is 6.66. The number of hydrogen-bond acceptors (Lipinski definition) is 4. The third-order valence-corrected chi connectivity index (χ3v) is 4.17. The van der Waals surface area contributed by atoms with Crippen LogP contribution in [-0.2, 0) is 6.54 Å². The molecule has 1 aliphatic heterocycles. The Bertz CT molecular complexity index is 652. The van der Waals surface area contributed by atoms with Crippen LogP contribution in [0.2, 0.25) is 0 Å². The lowest BCUT2D eigenvalue weighted by molar-refractivity contribution is 0.157. The normalized spacial score (nSPS) is 23.1. The van der Waals surface area contributed by atoms with Gasteiger partial charge in [0.15, 0.2) is 5.65 Å². The maximum atomic E-state index is 12.1. The van der Waals surface area contributed by atoms with Gasteiger partial charge in [0.05, 0.1) is 6.54 Å². The molecule has 1 aliphatic rings. The summed E-state index contributed by atoms with van der Waals surface area (Å²) in [7, 11) is 0. The monoisotopic (exact) mass is 311 g/mol. The van der Waals surface area contributed by atoms with Crippen molar-refractivity contribution in [2.75, 3.05) is 19.6 Å². The Balaban J connectivity index is 0.00000161. The Kier molecular flexibility index (Phi) is 5.03. The van der Waals surface area contributed by atoms with Gasteiger partial charge >= 0.3 is 5.69 Å². The maximum absolute atomic E-state index is 12.1. The fourth-order valence-corrected chi connectivity index (χ4v) is 2.80. The Labute approximate surface area is 129 Å². The quantitative estimate of drug-likeness (QED) is 0.900. The molecule has 21 heavy (non-hydrogen) atoms. The highest BCUT2D eigenvalue weighted by atomic mass is 35.5. The number of hydrogen-bond donors (Lipinski definition) is 1. The van der Waals surface area contributed by atoms with Gasteiger partial charge in [-0.3, -0.25) is 4.40 Å². The first-order valence-corrected chi connectivity index (χ1v) is 7.17. The summed E-state index contributed by atoms with van der Waals surface area (Å²) >= 11 is 0. The SMILES string of the molecule is CC1CN(CCn2nc3ccccn3c2=O)CCC1N.Cl. The molecular weight excluding hydrogens is 290 g/mol. The van der Waals surface area contributed by atoms with Crippen LogP contribution < -0.4 is 11.4 Å². The number of halogens is 1. The number of likely N-dealkylation sites (tertiary alicyclic amines) is 1. The number of nitrogens with two attached hydrogens (primary N) is 1. The van der Waals surface area contributed by atoms with E-state index in [2.05, 4.69) is 16.9 Å². The molecule has 0 saturated carbocycles. The van der Waals surface area contributed by atoms with Gasteiger partial charge in [-0.2, -0.15) is 0 Å². The molecule has 6 nitrogen and oxygen atoms in total. The van der Waals surface area contributed by atoms with Crippen molar-refractivity contribution >= 4 is 18.1 Å². The number of piperidine rings is 1. The molecule has 2 aromatic rings. The minimum Gasteiger partial charge on any atom is -0.327 e. The third-order valence-electron chi connectivity index (χ3n) is 4.17. The molecule has 116 valence electrons. The van der Waals surface area contributed by atoms with E-state index in [9.17, 15) is 4.79 Å². The number of rotatable bonds is 3. The van der Waals surface area contributed by atoms with Gasteiger partial charge in [0, 0.05) is 25.3 Å². The van der Waals surface area contributed by atoms with Gasteiger partial charge in [-0.05, 0) is 31.0 Å². The average Bonchev–Trinajstić information content (AvgIpc) is 2.77. The van der Waals surface area contributed by atoms with Crippen LogP contribution in [0.25, 0.3) is 5.65 Å². The van der Waals surface area contributed by atoms with Gasteiger partial charge in [-0.25, -0.2) is 9.48 Å². The lowest BCUT2D eigenvalue weighted by Gasteiger charge is -2.34. The summed E-state index contributed by atoms with van der Waals surface area (Å²) < 4.78 is 3.13. The van der Waals surface area contributed by atoms with Crippen LogP contribution >= 0.6 is 12.4 Å². The molecule has 3 heterocycles. The number of fused-ring (bicyclic) bond motifs is 1. The summed E-state index contributed by atoms with van der Waals surface area (Å²) in [6.45, 7) is 5.67. The zero-order valence-electron chi connectivity index (χ0n) is 12.2. The second-order valence-electron chi connectivity index (χ2n) is 5.66. The van der Waals surface area contributed by atoms with Crippen LogP contribution in [0.15, 0.2) is 29.2 Å². The molecule has 1 fully saturated rings. The molecule has 0 aromatic carbocycles. The largest absolute Gasteiger partial charge is 0.350 e. The minimum absolute atomic E-state index is 0. The highest BCUT2D eigenvalue weighted by Crippen LogP contribution is 2.14. The molecule has 2 aromatic heterocycles. The van der Waals surface area contributed by atoms with E-state index in [1.54, 1.807) is 15.3 Å². The molecule has 3 rings (SSSR count). The van der Waals surface area contributed by atoms with Crippen LogP contribution in [0.4, 0.5) is 0 Å². The van der Waals surface area contributed by atoms with Crippen molar-refractivity contribution in [3.63, 3.8) is 0 Å². The first kappa shape index (κ1) is 16.0. The molecule has 0 amide bonds. The lowest BCUT2D eigenvalue weighted by Crippen LogP contribution is -2.47. The van der Waals surface area contributed by atoms with Crippen LogP contribution in [0.3, 0.4) is 0 Å². The van der Waals surface area contributed by atoms with Gasteiger partial charge in [0.25, 0.3) is 0 Å². The van der Waals surface area contributed by atoms with E-state index in [4.69, 9.17) is 5.73 Å². The molecule has 0 aliphatic carbocycles. The first-order valence-electron chi connectivity index (χ1n) is 7.17. The minimum atomic E-state index is -0.0673. The molecular formula is C14H22ClN5O. The van der Waals surface area contributed by atoms with E-state index < -0.39 is 0 Å². The van der Waals surface area contributed by atoms with Crippen LogP contribution in [-0.4, -0.2) is 44.8 Å². The summed E-state index contributed by atoms with van der Waals surface area (Å²) in [6.07, 6.45) is 2.78. The number of aromatic nitrogens is 3. The zero-order chi connectivity index (χ0) is 14.1. The predicted molar refractivity (Wildman–Crippen MR) is 84.9 cm³/mol. The first-order chi connectivity index (χ1) is 9.65. The van der Waals surface area contributed by atoms with Crippen molar-refractivity contribution in [3.05, 3.63) is 34.9 Å². The topological polar surface area (TPSA) is 68.6 Å². The average molecular weight is 312 g/mol. The van der Waals surface area contributed by atoms with E-state index in [0.29, 0.717) is 24.2 Å². The molecule has 7 heteroatoms. The summed E-state index contributed by atoms with van der Waals surface area (Å²) in [4.78, 5) is 14.5. The Morgan fingerprint density at radius 1 is 1.38 bits per heavy atom. The van der Waals surface area contributed by atoms with Crippen molar-refractivity contribution in [3.8, 4) is 0 Å². The van der Waals surface area contributed by atoms with Gasteiger partial charge in [0.2, 0.25) is 0 Å². The van der Waals surface area contributed by atoms with E-state index in [1.807, 2.05) is 18.2 Å². The molecule has 1 saturated heterocycles. The van der Waals surface area contributed by atoms with Crippen molar-refractivity contribution in [2.24, 2.45) is 11.7 Å². The number of nitrogens with zero attached hydrogens (tertiary/aromatic N) is 4. The van der Waals surface area contributed by atoms with E-state index in [0.717, 1.165) is 26.1 Å². The summed E-state index contributed by atoms with van der Waals surface area (Å²) in [5, 5.41) is 4.35. The molecule has 2 N–H and O–H groups in total. The van der Waals surface area contributed by atoms with Crippen molar-refractivity contribution in [1.29, 1.82) is 0 Å². The standard InChI is InChI=1S/C14H21N5O.ClH/c1-11-10-17(7-5-12(11)15)8-9-19-14(20)18-6-3-2-4-13(18)16-19;/h2-4,6,11-12H,5,7-10,15H2,1H3;1H. The Morgan fingerprint density at radius 2 is 2.19 bits per heavy atom.